The van der Waals surface area contributed by atoms with Crippen LogP contribution in [0.5, 0.6) is 0 Å². The number of carbonyl (C=O) groups is 1. The fraction of sp³-hybridized carbons (Fsp3) is 0.875. The van der Waals surface area contributed by atoms with Crippen LogP contribution >= 0.6 is 7.14 Å². The van der Waals surface area contributed by atoms with Crippen LogP contribution in [-0.4, -0.2) is 36.3 Å². The number of rotatable bonds is 5. The molecule has 6 heteroatoms. The van der Waals surface area contributed by atoms with Gasteiger partial charge in [-0.05, 0) is 26.7 Å². The summed E-state index contributed by atoms with van der Waals surface area (Å²) in [7, 11) is -2.33. The summed E-state index contributed by atoms with van der Waals surface area (Å²) in [5.74, 6) is -0.530. The van der Waals surface area contributed by atoms with Crippen LogP contribution in [0.25, 0.3) is 0 Å². The largest absolute Gasteiger partial charge is 0.322 e. The number of amides is 1. The third-order valence-corrected chi connectivity index (χ3v) is 5.48. The maximum atomic E-state index is 11.9. The molecular formula is C8H19N2O3P. The molecular weight excluding hydrogens is 203 g/mol. The number of hydroxylamine groups is 1. The number of nitrogens with one attached hydrogen (secondary N) is 2. The molecule has 0 bridgehead atoms. The van der Waals surface area contributed by atoms with Gasteiger partial charge in [-0.15, -0.1) is 0 Å². The first kappa shape index (κ1) is 13.6. The zero-order valence-electron chi connectivity index (χ0n) is 9.13. The fourth-order valence-electron chi connectivity index (χ4n) is 1.01. The van der Waals surface area contributed by atoms with Crippen LogP contribution in [0.15, 0.2) is 0 Å². The second-order valence-electron chi connectivity index (χ2n) is 3.87. The minimum atomic E-state index is -2.33. The second kappa shape index (κ2) is 4.91. The van der Waals surface area contributed by atoms with Crippen LogP contribution in [0.1, 0.15) is 20.3 Å². The molecule has 0 aliphatic rings. The van der Waals surface area contributed by atoms with Crippen molar-refractivity contribution in [1.29, 1.82) is 0 Å². The topological polar surface area (TPSA) is 78.4 Å². The van der Waals surface area contributed by atoms with Crippen LogP contribution in [0.2, 0.25) is 0 Å². The van der Waals surface area contributed by atoms with Crippen molar-refractivity contribution in [2.45, 2.75) is 25.5 Å². The molecule has 3 N–H and O–H groups in total. The summed E-state index contributed by atoms with van der Waals surface area (Å²) in [4.78, 5) is 10.8. The van der Waals surface area contributed by atoms with E-state index in [1.807, 2.05) is 13.8 Å². The summed E-state index contributed by atoms with van der Waals surface area (Å²) < 4.78 is 11.9. The summed E-state index contributed by atoms with van der Waals surface area (Å²) in [5.41, 5.74) is 1.52. The molecule has 0 aromatic heterocycles. The molecule has 14 heavy (non-hydrogen) atoms. The lowest BCUT2D eigenvalue weighted by Crippen LogP contribution is -2.46. The van der Waals surface area contributed by atoms with Gasteiger partial charge in [-0.25, -0.2) is 5.48 Å². The zero-order valence-corrected chi connectivity index (χ0v) is 10.0. The standard InChI is InChI=1S/C8H19N2O3P/c1-5-8(2,14(3,4)13)9-6-7(11)10-12/h9,12H,5-6H2,1-4H3,(H,10,11). The Morgan fingerprint density at radius 1 is 1.50 bits per heavy atom. The Labute approximate surface area is 84.6 Å². The molecule has 0 saturated heterocycles. The van der Waals surface area contributed by atoms with Crippen molar-refractivity contribution >= 4 is 13.0 Å². The minimum absolute atomic E-state index is 0.0352. The average molecular weight is 222 g/mol. The SMILES string of the molecule is CCC(C)(NCC(=O)NO)P(C)(C)=O. The predicted molar refractivity (Wildman–Crippen MR) is 56.1 cm³/mol. The van der Waals surface area contributed by atoms with E-state index in [2.05, 4.69) is 5.32 Å². The first-order valence-electron chi connectivity index (χ1n) is 4.50. The van der Waals surface area contributed by atoms with E-state index in [1.54, 1.807) is 13.3 Å². The first-order valence-corrected chi connectivity index (χ1v) is 7.10. The Hall–Kier alpha value is -0.380. The van der Waals surface area contributed by atoms with Gasteiger partial charge in [0.25, 0.3) is 5.91 Å². The highest BCUT2D eigenvalue weighted by atomic mass is 31.2. The summed E-state index contributed by atoms with van der Waals surface area (Å²) >= 11 is 0. The highest BCUT2D eigenvalue weighted by Gasteiger charge is 2.34. The van der Waals surface area contributed by atoms with Crippen molar-refractivity contribution in [3.05, 3.63) is 0 Å². The van der Waals surface area contributed by atoms with Crippen molar-refractivity contribution in [3.8, 4) is 0 Å². The maximum Gasteiger partial charge on any atom is 0.257 e. The number of carbonyl (C=O) groups excluding carboxylic acids is 1. The highest BCUT2D eigenvalue weighted by Crippen LogP contribution is 2.51. The molecule has 0 aliphatic heterocycles. The smallest absolute Gasteiger partial charge is 0.257 e. The van der Waals surface area contributed by atoms with E-state index in [9.17, 15) is 9.36 Å². The molecule has 0 radical (unpaired) electrons. The van der Waals surface area contributed by atoms with E-state index >= 15 is 0 Å². The third kappa shape index (κ3) is 3.40. The molecule has 1 atom stereocenters. The van der Waals surface area contributed by atoms with E-state index in [0.717, 1.165) is 0 Å². The average Bonchev–Trinajstić information content (AvgIpc) is 2.11. The van der Waals surface area contributed by atoms with E-state index in [4.69, 9.17) is 5.21 Å². The predicted octanol–water partition coefficient (Wildman–Crippen LogP) is 0.830. The molecule has 0 spiro atoms. The quantitative estimate of drug-likeness (QED) is 0.366. The summed E-state index contributed by atoms with van der Waals surface area (Å²) in [6.07, 6.45) is 0.663. The van der Waals surface area contributed by atoms with Crippen LogP contribution in [-0.2, 0) is 9.36 Å². The third-order valence-electron chi connectivity index (χ3n) is 2.63. The molecule has 0 saturated carbocycles. The maximum absolute atomic E-state index is 11.9. The second-order valence-corrected chi connectivity index (χ2v) is 7.56. The fourth-order valence-corrected chi connectivity index (χ4v) is 2.23. The number of hydrogen-bond donors (Lipinski definition) is 3. The Kier molecular flexibility index (Phi) is 4.78. The molecule has 1 amide bonds. The van der Waals surface area contributed by atoms with Gasteiger partial charge in [-0.1, -0.05) is 6.92 Å². The molecule has 0 heterocycles. The monoisotopic (exact) mass is 222 g/mol. The van der Waals surface area contributed by atoms with Gasteiger partial charge in [0.1, 0.15) is 7.14 Å². The van der Waals surface area contributed by atoms with Crippen LogP contribution in [0.4, 0.5) is 0 Å². The molecule has 0 aliphatic carbocycles. The van der Waals surface area contributed by atoms with E-state index < -0.39 is 18.3 Å². The zero-order chi connectivity index (χ0) is 11.4. The molecule has 0 aromatic carbocycles. The lowest BCUT2D eigenvalue weighted by molar-refractivity contribution is -0.128. The first-order chi connectivity index (χ1) is 6.27. The summed E-state index contributed by atoms with van der Waals surface area (Å²) in [5, 5.41) is 10.6. The minimum Gasteiger partial charge on any atom is -0.322 e. The van der Waals surface area contributed by atoms with Gasteiger partial charge in [0.15, 0.2) is 0 Å². The van der Waals surface area contributed by atoms with E-state index in [-0.39, 0.29) is 6.54 Å². The number of hydrogen-bond acceptors (Lipinski definition) is 4. The molecule has 0 aromatic rings. The van der Waals surface area contributed by atoms with Gasteiger partial charge in [-0.2, -0.15) is 0 Å². The van der Waals surface area contributed by atoms with Gasteiger partial charge in [0, 0.05) is 0 Å². The van der Waals surface area contributed by atoms with E-state index in [1.165, 1.54) is 5.48 Å². The molecule has 84 valence electrons. The Balaban J connectivity index is 4.43. The molecule has 0 fully saturated rings. The van der Waals surface area contributed by atoms with Crippen molar-refractivity contribution in [1.82, 2.24) is 10.8 Å². The van der Waals surface area contributed by atoms with Gasteiger partial charge in [0.2, 0.25) is 0 Å². The van der Waals surface area contributed by atoms with Crippen LogP contribution in [0, 0.1) is 0 Å². The van der Waals surface area contributed by atoms with Crippen molar-refractivity contribution < 1.29 is 14.6 Å². The molecule has 5 nitrogen and oxygen atoms in total. The highest BCUT2D eigenvalue weighted by molar-refractivity contribution is 7.63. The summed E-state index contributed by atoms with van der Waals surface area (Å²) in [6.45, 7) is 7.05. The normalized spacial score (nSPS) is 16.1. The van der Waals surface area contributed by atoms with Crippen molar-refractivity contribution in [2.75, 3.05) is 19.9 Å². The molecule has 0 rings (SSSR count). The molecule has 1 unspecified atom stereocenters. The van der Waals surface area contributed by atoms with Gasteiger partial charge in [0.05, 0.1) is 11.8 Å². The lowest BCUT2D eigenvalue weighted by atomic mass is 10.2. The van der Waals surface area contributed by atoms with Gasteiger partial charge >= 0.3 is 0 Å². The Bertz CT molecular complexity index is 251. The van der Waals surface area contributed by atoms with E-state index in [0.29, 0.717) is 6.42 Å². The lowest BCUT2D eigenvalue weighted by Gasteiger charge is -2.33. The van der Waals surface area contributed by atoms with Crippen LogP contribution in [0.3, 0.4) is 0 Å². The van der Waals surface area contributed by atoms with Gasteiger partial charge < -0.3 is 4.57 Å². The van der Waals surface area contributed by atoms with Gasteiger partial charge in [-0.3, -0.25) is 15.3 Å². The Morgan fingerprint density at radius 3 is 2.29 bits per heavy atom. The van der Waals surface area contributed by atoms with Crippen LogP contribution < -0.4 is 10.8 Å². The Morgan fingerprint density at radius 2 is 2.00 bits per heavy atom. The van der Waals surface area contributed by atoms with Crippen molar-refractivity contribution in [3.63, 3.8) is 0 Å². The summed E-state index contributed by atoms with van der Waals surface area (Å²) in [6, 6.07) is 0. The van der Waals surface area contributed by atoms with Crippen molar-refractivity contribution in [2.24, 2.45) is 0 Å².